The predicted molar refractivity (Wildman–Crippen MR) is 152 cm³/mol. The van der Waals surface area contributed by atoms with E-state index in [1.165, 1.54) is 18.2 Å². The highest BCUT2D eigenvalue weighted by molar-refractivity contribution is 8.13. The SMILES string of the molecule is CCC(=O)SCCOP(=O)(OCCSC(=O)CC)C(F)c1ccc2sc(C(=O)Oc3c(F)c(F)c(F)c(F)c3F)cc2c1. The zero-order valence-corrected chi connectivity index (χ0v) is 25.8. The number of carbonyl (C=O) groups is 3. The molecular formula is C26H23F6O7PS3. The van der Waals surface area contributed by atoms with Gasteiger partial charge in [0.15, 0.2) is 10.2 Å². The van der Waals surface area contributed by atoms with Crippen LogP contribution in [0.5, 0.6) is 5.75 Å². The van der Waals surface area contributed by atoms with Crippen LogP contribution in [0.4, 0.5) is 26.3 Å². The maximum absolute atomic E-state index is 15.7. The van der Waals surface area contributed by atoms with Gasteiger partial charge >= 0.3 is 13.6 Å². The van der Waals surface area contributed by atoms with Gasteiger partial charge in [-0.1, -0.05) is 43.4 Å². The Labute approximate surface area is 254 Å². The Morgan fingerprint density at radius 3 is 1.86 bits per heavy atom. The van der Waals surface area contributed by atoms with Crippen LogP contribution in [-0.4, -0.2) is 40.9 Å². The number of halogens is 6. The third-order valence-corrected chi connectivity index (χ3v) is 10.5. The van der Waals surface area contributed by atoms with Crippen LogP contribution < -0.4 is 4.74 Å². The molecule has 0 aliphatic carbocycles. The average molecular weight is 689 g/mol. The molecule has 0 radical (unpaired) electrons. The number of esters is 1. The number of benzene rings is 2. The van der Waals surface area contributed by atoms with Gasteiger partial charge in [0.1, 0.15) is 4.88 Å². The third kappa shape index (κ3) is 8.64. The van der Waals surface area contributed by atoms with E-state index in [1.807, 2.05) is 0 Å². The predicted octanol–water partition coefficient (Wildman–Crippen LogP) is 8.35. The lowest BCUT2D eigenvalue weighted by molar-refractivity contribution is -0.111. The Kier molecular flexibility index (Phi) is 12.7. The monoisotopic (exact) mass is 688 g/mol. The summed E-state index contributed by atoms with van der Waals surface area (Å²) in [5.74, 6) is -17.1. The van der Waals surface area contributed by atoms with E-state index in [1.54, 1.807) is 13.8 Å². The summed E-state index contributed by atoms with van der Waals surface area (Å²) in [4.78, 5) is 35.2. The van der Waals surface area contributed by atoms with E-state index in [-0.39, 0.29) is 63.6 Å². The second-order valence-corrected chi connectivity index (χ2v) is 13.8. The van der Waals surface area contributed by atoms with Crippen molar-refractivity contribution in [3.63, 3.8) is 0 Å². The number of rotatable bonds is 14. The summed E-state index contributed by atoms with van der Waals surface area (Å²) in [5, 5.41) is -0.111. The molecule has 1 aromatic heterocycles. The van der Waals surface area contributed by atoms with Gasteiger partial charge in [0.25, 0.3) is 0 Å². The first-order chi connectivity index (χ1) is 20.3. The number of alkyl halides is 1. The molecule has 43 heavy (non-hydrogen) atoms. The highest BCUT2D eigenvalue weighted by atomic mass is 32.2. The van der Waals surface area contributed by atoms with Gasteiger partial charge < -0.3 is 13.8 Å². The van der Waals surface area contributed by atoms with Crippen LogP contribution in [0.1, 0.15) is 47.8 Å². The van der Waals surface area contributed by atoms with E-state index in [0.717, 1.165) is 29.6 Å². The van der Waals surface area contributed by atoms with Crippen LogP contribution in [0.2, 0.25) is 0 Å². The van der Waals surface area contributed by atoms with Crippen molar-refractivity contribution in [3.05, 3.63) is 63.8 Å². The van der Waals surface area contributed by atoms with Crippen LogP contribution >= 0.6 is 42.5 Å². The number of thioether (sulfide) groups is 2. The summed E-state index contributed by atoms with van der Waals surface area (Å²) in [5.41, 5.74) is -0.192. The van der Waals surface area contributed by atoms with Gasteiger partial charge in [-0.2, -0.15) is 8.78 Å². The molecule has 0 aliphatic heterocycles. The Morgan fingerprint density at radius 2 is 1.35 bits per heavy atom. The van der Waals surface area contributed by atoms with E-state index < -0.39 is 54.3 Å². The molecule has 0 fully saturated rings. The van der Waals surface area contributed by atoms with Gasteiger partial charge in [-0.25, -0.2) is 22.4 Å². The Bertz CT molecular complexity index is 1510. The molecule has 0 saturated heterocycles. The molecule has 1 atom stereocenters. The number of thiophene rings is 1. The zero-order chi connectivity index (χ0) is 31.9. The maximum atomic E-state index is 15.7. The molecule has 0 N–H and O–H groups in total. The minimum atomic E-state index is -4.52. The van der Waals surface area contributed by atoms with Gasteiger partial charge in [-0.05, 0) is 29.1 Å². The molecule has 0 saturated carbocycles. The molecule has 7 nitrogen and oxygen atoms in total. The van der Waals surface area contributed by atoms with E-state index >= 15 is 4.39 Å². The molecule has 17 heteroatoms. The normalized spacial score (nSPS) is 12.5. The molecule has 0 spiro atoms. The van der Waals surface area contributed by atoms with Crippen molar-refractivity contribution in [2.24, 2.45) is 0 Å². The van der Waals surface area contributed by atoms with E-state index in [2.05, 4.69) is 4.74 Å². The Morgan fingerprint density at radius 1 is 0.837 bits per heavy atom. The second kappa shape index (κ2) is 15.6. The van der Waals surface area contributed by atoms with Crippen molar-refractivity contribution in [1.29, 1.82) is 0 Å². The first-order valence-electron chi connectivity index (χ1n) is 12.4. The van der Waals surface area contributed by atoms with Crippen molar-refractivity contribution in [2.75, 3.05) is 24.7 Å². The summed E-state index contributed by atoms with van der Waals surface area (Å²) < 4.78 is 113. The summed E-state index contributed by atoms with van der Waals surface area (Å²) in [6.07, 6.45) is 0.510. The Hall–Kier alpha value is -2.36. The fraction of sp³-hybridized carbons (Fsp3) is 0.346. The van der Waals surface area contributed by atoms with Crippen LogP contribution in [0.15, 0.2) is 24.3 Å². The lowest BCUT2D eigenvalue weighted by Gasteiger charge is -2.22. The molecule has 234 valence electrons. The number of hydrogen-bond acceptors (Lipinski definition) is 10. The number of carbonyl (C=O) groups excluding carboxylic acids is 3. The first kappa shape index (κ1) is 35.1. The quantitative estimate of drug-likeness (QED) is 0.0315. The largest absolute Gasteiger partial charge is 0.416 e. The molecule has 1 unspecified atom stereocenters. The van der Waals surface area contributed by atoms with Crippen molar-refractivity contribution >= 4 is 68.7 Å². The van der Waals surface area contributed by atoms with Crippen molar-refractivity contribution in [1.82, 2.24) is 0 Å². The lowest BCUT2D eigenvalue weighted by atomic mass is 10.2. The smallest absolute Gasteiger partial charge is 0.369 e. The molecule has 0 aliphatic rings. The van der Waals surface area contributed by atoms with Gasteiger partial charge in [0.2, 0.25) is 40.7 Å². The zero-order valence-electron chi connectivity index (χ0n) is 22.4. The van der Waals surface area contributed by atoms with Crippen LogP contribution in [0.3, 0.4) is 0 Å². The van der Waals surface area contributed by atoms with Crippen molar-refractivity contribution in [3.8, 4) is 5.75 Å². The molecule has 0 amide bonds. The van der Waals surface area contributed by atoms with E-state index in [4.69, 9.17) is 9.05 Å². The molecule has 2 aromatic carbocycles. The molecule has 1 heterocycles. The average Bonchev–Trinajstić information content (AvgIpc) is 3.44. The second-order valence-electron chi connectivity index (χ2n) is 8.39. The highest BCUT2D eigenvalue weighted by Gasteiger charge is 2.38. The highest BCUT2D eigenvalue weighted by Crippen LogP contribution is 2.62. The molecular weight excluding hydrogens is 665 g/mol. The van der Waals surface area contributed by atoms with E-state index in [0.29, 0.717) is 16.0 Å². The van der Waals surface area contributed by atoms with Crippen LogP contribution in [-0.2, 0) is 23.2 Å². The lowest BCUT2D eigenvalue weighted by Crippen LogP contribution is -2.12. The number of fused-ring (bicyclic) bond motifs is 1. The van der Waals surface area contributed by atoms with Gasteiger partial charge in [-0.3, -0.25) is 14.2 Å². The van der Waals surface area contributed by atoms with Gasteiger partial charge in [0, 0.05) is 29.0 Å². The minimum Gasteiger partial charge on any atom is -0.416 e. The fourth-order valence-electron chi connectivity index (χ4n) is 3.32. The summed E-state index contributed by atoms with van der Waals surface area (Å²) >= 11 is 2.54. The van der Waals surface area contributed by atoms with Crippen molar-refractivity contribution < 1.29 is 59.1 Å². The fourth-order valence-corrected chi connectivity index (χ4v) is 7.24. The summed E-state index contributed by atoms with van der Waals surface area (Å²) in [6.45, 7) is 2.73. The summed E-state index contributed by atoms with van der Waals surface area (Å²) in [7, 11) is -4.52. The third-order valence-electron chi connectivity index (χ3n) is 5.47. The maximum Gasteiger partial charge on any atom is 0.369 e. The number of ether oxygens (including phenoxy) is 1. The van der Waals surface area contributed by atoms with Crippen LogP contribution in [0, 0.1) is 29.1 Å². The summed E-state index contributed by atoms with van der Waals surface area (Å²) in [6, 6.07) is 4.90. The molecule has 0 bridgehead atoms. The molecule has 3 rings (SSSR count). The first-order valence-corrected chi connectivity index (χ1v) is 16.8. The van der Waals surface area contributed by atoms with E-state index in [9.17, 15) is 40.9 Å². The van der Waals surface area contributed by atoms with Crippen LogP contribution in [0.25, 0.3) is 10.1 Å². The minimum absolute atomic E-state index is 0.0773. The van der Waals surface area contributed by atoms with Crippen molar-refractivity contribution in [2.45, 2.75) is 32.6 Å². The van der Waals surface area contributed by atoms with Gasteiger partial charge in [-0.15, -0.1) is 11.3 Å². The number of hydrogen-bond donors (Lipinski definition) is 0. The molecule has 3 aromatic rings. The topological polar surface area (TPSA) is 96.0 Å². The Balaban J connectivity index is 1.82. The standard InChI is InChI=1S/C26H23F6O7PS3/c1-3-17(33)41-9-7-37-40(36,38-8-10-42-18(34)4-2)25(32)13-5-6-15-14(11-13)12-16(43-15)26(35)39-24-22(30)20(28)19(27)21(29)23(24)31/h5-6,11-12,25H,3-4,7-10H2,1-2H3. The van der Waals surface area contributed by atoms with Gasteiger partial charge in [0.05, 0.1) is 13.2 Å².